The van der Waals surface area contributed by atoms with Crippen LogP contribution >= 0.6 is 11.6 Å². The summed E-state index contributed by atoms with van der Waals surface area (Å²) in [7, 11) is 0. The number of halogens is 2. The van der Waals surface area contributed by atoms with E-state index in [1.807, 2.05) is 6.07 Å². The highest BCUT2D eigenvalue weighted by Crippen LogP contribution is 2.48. The molecule has 0 spiro atoms. The summed E-state index contributed by atoms with van der Waals surface area (Å²) in [6.07, 6.45) is 2.05. The number of hydrogen-bond donors (Lipinski definition) is 5. The average Bonchev–Trinajstić information content (AvgIpc) is 3.35. The molecule has 178 valence electrons. The van der Waals surface area contributed by atoms with Crippen molar-refractivity contribution in [1.29, 1.82) is 0 Å². The lowest BCUT2D eigenvalue weighted by atomic mass is 9.79. The minimum absolute atomic E-state index is 0.114. The summed E-state index contributed by atoms with van der Waals surface area (Å²) < 4.78 is 16.5. The minimum atomic E-state index is -1.18. The molecule has 4 aromatic rings. The van der Waals surface area contributed by atoms with E-state index in [0.717, 1.165) is 5.39 Å². The highest BCUT2D eigenvalue weighted by Gasteiger charge is 2.52. The first-order valence-corrected chi connectivity index (χ1v) is 11.3. The largest absolute Gasteiger partial charge is 0.398 e. The summed E-state index contributed by atoms with van der Waals surface area (Å²) in [5, 5.41) is 33.4. The normalized spacial score (nSPS) is 24.9. The zero-order valence-corrected chi connectivity index (χ0v) is 19.0. The van der Waals surface area contributed by atoms with Crippen molar-refractivity contribution in [2.45, 2.75) is 37.5 Å². The fourth-order valence-electron chi connectivity index (χ4n) is 5.14. The van der Waals surface area contributed by atoms with Gasteiger partial charge in [-0.15, -0.1) is 0 Å². The average molecular weight is 486 g/mol. The van der Waals surface area contributed by atoms with Crippen molar-refractivity contribution in [1.82, 2.24) is 14.5 Å². The van der Waals surface area contributed by atoms with Crippen LogP contribution < -0.4 is 11.5 Å². The van der Waals surface area contributed by atoms with Crippen molar-refractivity contribution in [3.63, 3.8) is 0 Å². The third-order valence-electron chi connectivity index (χ3n) is 7.12. The molecule has 0 radical (unpaired) electrons. The second-order valence-corrected chi connectivity index (χ2v) is 9.49. The summed E-state index contributed by atoms with van der Waals surface area (Å²) in [5.41, 5.74) is 13.0. The first kappa shape index (κ1) is 22.8. The summed E-state index contributed by atoms with van der Waals surface area (Å²) in [4.78, 5) is 8.55. The van der Waals surface area contributed by atoms with Crippen LogP contribution in [-0.2, 0) is 6.42 Å². The third kappa shape index (κ3) is 3.56. The molecule has 0 aliphatic heterocycles. The number of aliphatic hydroxyl groups excluding tert-OH is 3. The van der Waals surface area contributed by atoms with Gasteiger partial charge in [-0.2, -0.15) is 0 Å². The van der Waals surface area contributed by atoms with Crippen LogP contribution in [0.5, 0.6) is 0 Å². The molecule has 3 aromatic heterocycles. The molecule has 7 N–H and O–H groups in total. The van der Waals surface area contributed by atoms with Crippen LogP contribution in [-0.4, -0.2) is 48.7 Å². The Balaban J connectivity index is 1.43. The molecule has 10 heteroatoms. The highest BCUT2D eigenvalue weighted by molar-refractivity contribution is 6.33. The Kier molecular flexibility index (Phi) is 5.60. The van der Waals surface area contributed by atoms with Gasteiger partial charge < -0.3 is 31.4 Å². The van der Waals surface area contributed by atoms with E-state index in [1.54, 1.807) is 29.1 Å². The maximum Gasteiger partial charge on any atom is 0.142 e. The molecular formula is C24H25ClFN5O3. The van der Waals surface area contributed by atoms with E-state index in [4.69, 9.17) is 23.1 Å². The van der Waals surface area contributed by atoms with Gasteiger partial charge in [0.15, 0.2) is 0 Å². The molecule has 34 heavy (non-hydrogen) atoms. The number of anilines is 2. The number of rotatable bonds is 5. The number of fused-ring (bicyclic) bond motifs is 2. The summed E-state index contributed by atoms with van der Waals surface area (Å²) in [5.74, 6) is -0.366. The van der Waals surface area contributed by atoms with Crippen molar-refractivity contribution in [2.75, 3.05) is 18.1 Å². The van der Waals surface area contributed by atoms with E-state index in [1.165, 1.54) is 12.1 Å². The molecule has 1 fully saturated rings. The Labute approximate surface area is 199 Å². The third-order valence-corrected chi connectivity index (χ3v) is 7.42. The number of aliphatic hydroxyl groups is 3. The van der Waals surface area contributed by atoms with Crippen LogP contribution in [0.15, 0.2) is 42.7 Å². The number of aryl methyl sites for hydroxylation is 1. The van der Waals surface area contributed by atoms with Gasteiger partial charge in [0.05, 0.1) is 29.3 Å². The molecule has 8 nitrogen and oxygen atoms in total. The Morgan fingerprint density at radius 2 is 1.97 bits per heavy atom. The molecule has 1 saturated carbocycles. The van der Waals surface area contributed by atoms with Crippen molar-refractivity contribution in [2.24, 2.45) is 5.41 Å². The molecule has 0 unspecified atom stereocenters. The molecule has 1 aliphatic rings. The molecular weight excluding hydrogens is 461 g/mol. The first-order chi connectivity index (χ1) is 16.2. The van der Waals surface area contributed by atoms with Gasteiger partial charge in [0.25, 0.3) is 0 Å². The molecule has 0 saturated heterocycles. The van der Waals surface area contributed by atoms with Crippen molar-refractivity contribution in [3.05, 3.63) is 59.1 Å². The zero-order chi connectivity index (χ0) is 24.2. The molecule has 0 amide bonds. The minimum Gasteiger partial charge on any atom is -0.398 e. The number of aromatic nitrogens is 3. The smallest absolute Gasteiger partial charge is 0.142 e. The van der Waals surface area contributed by atoms with E-state index >= 15 is 0 Å². The fraction of sp³-hybridized carbons (Fsp3) is 0.333. The van der Waals surface area contributed by atoms with Gasteiger partial charge in [-0.05, 0) is 55.2 Å². The molecule has 1 aliphatic carbocycles. The molecule has 4 atom stereocenters. The molecule has 3 heterocycles. The quantitative estimate of drug-likeness (QED) is 0.292. The standard InChI is InChI=1S/C24H25ClFN5O3/c25-15-9-14-16(26)7-12(8-18(14)30-22(15)28)1-4-24(11-32)10-19(20(33)21(24)34)31-6-3-13-17(27)2-5-29-23(13)31/h2-3,5-9,19-21,32-34H,1,4,10-11H2,(H2,27,29)(H2,28,30)/t19-,20+,21+,24+/m1/s1. The second-order valence-electron chi connectivity index (χ2n) is 9.09. The van der Waals surface area contributed by atoms with Crippen molar-refractivity contribution >= 4 is 45.0 Å². The lowest BCUT2D eigenvalue weighted by molar-refractivity contribution is -0.0519. The van der Waals surface area contributed by atoms with E-state index < -0.39 is 29.5 Å². The Morgan fingerprint density at radius 1 is 1.18 bits per heavy atom. The van der Waals surface area contributed by atoms with E-state index in [2.05, 4.69) is 9.97 Å². The Morgan fingerprint density at radius 3 is 2.74 bits per heavy atom. The molecule has 0 bridgehead atoms. The van der Waals surface area contributed by atoms with E-state index in [9.17, 15) is 19.7 Å². The topological polar surface area (TPSA) is 143 Å². The number of benzene rings is 1. The summed E-state index contributed by atoms with van der Waals surface area (Å²) in [6.45, 7) is -0.340. The van der Waals surface area contributed by atoms with Crippen LogP contribution in [0, 0.1) is 11.2 Å². The lowest BCUT2D eigenvalue weighted by Gasteiger charge is -2.31. The second kappa shape index (κ2) is 8.35. The Hall–Kier alpha value is -2.98. The SMILES string of the molecule is Nc1nc2cc(CC[C@@]3(CO)C[C@@H](n4ccc5c(N)ccnc54)[C@H](O)[C@@H]3O)cc(F)c2cc1Cl. The van der Waals surface area contributed by atoms with Crippen LogP contribution in [0.25, 0.3) is 21.9 Å². The predicted octanol–water partition coefficient (Wildman–Crippen LogP) is 2.82. The Bertz CT molecular complexity index is 1400. The van der Waals surface area contributed by atoms with Crippen LogP contribution in [0.1, 0.15) is 24.4 Å². The van der Waals surface area contributed by atoms with Crippen molar-refractivity contribution in [3.8, 4) is 0 Å². The van der Waals surface area contributed by atoms with Gasteiger partial charge >= 0.3 is 0 Å². The van der Waals surface area contributed by atoms with Gasteiger partial charge in [-0.3, -0.25) is 0 Å². The van der Waals surface area contributed by atoms with Crippen LogP contribution in [0.2, 0.25) is 5.02 Å². The van der Waals surface area contributed by atoms with Gasteiger partial charge in [0, 0.05) is 34.3 Å². The van der Waals surface area contributed by atoms with Gasteiger partial charge in [-0.25, -0.2) is 14.4 Å². The van der Waals surface area contributed by atoms with Gasteiger partial charge in [0.1, 0.15) is 23.4 Å². The summed E-state index contributed by atoms with van der Waals surface area (Å²) in [6, 6.07) is 7.56. The van der Waals surface area contributed by atoms with Gasteiger partial charge in [0.2, 0.25) is 0 Å². The summed E-state index contributed by atoms with van der Waals surface area (Å²) >= 11 is 5.97. The maximum absolute atomic E-state index is 14.7. The van der Waals surface area contributed by atoms with Crippen LogP contribution in [0.3, 0.4) is 0 Å². The highest BCUT2D eigenvalue weighted by atomic mass is 35.5. The molecule has 1 aromatic carbocycles. The monoisotopic (exact) mass is 485 g/mol. The number of pyridine rings is 2. The number of nitrogen functional groups attached to an aromatic ring is 2. The van der Waals surface area contributed by atoms with Crippen molar-refractivity contribution < 1.29 is 19.7 Å². The molecule has 5 rings (SSSR count). The van der Waals surface area contributed by atoms with E-state index in [-0.39, 0.29) is 22.8 Å². The zero-order valence-electron chi connectivity index (χ0n) is 18.2. The predicted molar refractivity (Wildman–Crippen MR) is 129 cm³/mol. The number of nitrogens with two attached hydrogens (primary N) is 2. The first-order valence-electron chi connectivity index (χ1n) is 11.0. The maximum atomic E-state index is 14.7. The number of hydrogen-bond acceptors (Lipinski definition) is 7. The fourth-order valence-corrected chi connectivity index (χ4v) is 5.29. The lowest BCUT2D eigenvalue weighted by Crippen LogP contribution is -2.39. The number of nitrogens with zero attached hydrogens (tertiary/aromatic N) is 3. The van der Waals surface area contributed by atoms with Crippen LogP contribution in [0.4, 0.5) is 15.9 Å². The van der Waals surface area contributed by atoms with E-state index in [0.29, 0.717) is 41.7 Å². The van der Waals surface area contributed by atoms with Gasteiger partial charge in [-0.1, -0.05) is 11.6 Å².